The molecule has 5 amide bonds. The molecule has 0 aliphatic carbocycles. The van der Waals surface area contributed by atoms with Crippen LogP contribution in [0.2, 0.25) is 0 Å². The number of ether oxygens (including phenoxy) is 10. The number of piperazine rings is 1. The van der Waals surface area contributed by atoms with Crippen LogP contribution < -0.4 is 36.3 Å². The van der Waals surface area contributed by atoms with Crippen LogP contribution in [0.4, 0.5) is 34.3 Å². The number of imidazole rings is 2. The molecule has 7 N–H and O–H groups in total. The Morgan fingerprint density at radius 2 is 0.990 bits per heavy atom. The highest BCUT2D eigenvalue weighted by atomic mass is 32.2. The minimum Gasteiger partial charge on any atom is -0.494 e. The van der Waals surface area contributed by atoms with Gasteiger partial charge in [0.15, 0.2) is 16.5 Å². The third kappa shape index (κ3) is 20.9. The average molecular weight is 1460 g/mol. The van der Waals surface area contributed by atoms with Gasteiger partial charge in [-0.05, 0) is 83.4 Å². The second kappa shape index (κ2) is 37.5. The molecule has 33 nitrogen and oxygen atoms in total. The Morgan fingerprint density at radius 3 is 1.42 bits per heavy atom. The molecule has 1 aliphatic rings. The van der Waals surface area contributed by atoms with Crippen LogP contribution in [0.15, 0.2) is 41.3 Å². The predicted molar refractivity (Wildman–Crippen MR) is 354 cm³/mol. The summed E-state index contributed by atoms with van der Waals surface area (Å²) >= 11 is 0. The van der Waals surface area contributed by atoms with Crippen molar-refractivity contribution in [2.24, 2.45) is 11.5 Å². The SMILES string of the molecule is CCn1nc(C)cc1C(=O)Nc1nc2cc(C(N)=O)cc(OC)c2n1CCCCn1c(NC(=O)c2cc(C)nn2CC)nc2cc(C(N)=O)cc(OCCCN3CCN(C(=O)OCCOCCOCCOCCOCCOCCOCCC(=O)Oc4c(F)c(F)c(S(=O)(=O)O)c(F)c4F)CC3)c21. The number of esters is 1. The van der Waals surface area contributed by atoms with Crippen molar-refractivity contribution in [1.82, 2.24) is 48.5 Å². The Bertz CT molecular complexity index is 4190. The molecule has 556 valence electrons. The van der Waals surface area contributed by atoms with E-state index < -0.39 is 86.1 Å². The van der Waals surface area contributed by atoms with Gasteiger partial charge in [0.1, 0.15) is 40.5 Å². The number of methoxy groups -OCH3 is 1. The molecule has 0 bridgehead atoms. The summed E-state index contributed by atoms with van der Waals surface area (Å²) in [6.07, 6.45) is 0.415. The number of nitrogens with zero attached hydrogens (tertiary/aromatic N) is 10. The van der Waals surface area contributed by atoms with Crippen molar-refractivity contribution in [2.75, 3.05) is 143 Å². The first kappa shape index (κ1) is 78.3. The molecule has 0 atom stereocenters. The molecule has 1 saturated heterocycles. The van der Waals surface area contributed by atoms with E-state index in [0.29, 0.717) is 135 Å². The quantitative estimate of drug-likeness (QED) is 0.00834. The molecule has 5 heterocycles. The molecule has 38 heteroatoms. The van der Waals surface area contributed by atoms with Crippen LogP contribution >= 0.6 is 0 Å². The second-order valence-corrected chi connectivity index (χ2v) is 24.2. The fourth-order valence-electron chi connectivity index (χ4n) is 10.8. The number of amides is 5. The van der Waals surface area contributed by atoms with E-state index >= 15 is 0 Å². The lowest BCUT2D eigenvalue weighted by molar-refractivity contribution is -0.136. The first-order chi connectivity index (χ1) is 48.9. The van der Waals surface area contributed by atoms with Crippen LogP contribution in [-0.4, -0.2) is 229 Å². The zero-order chi connectivity index (χ0) is 73.6. The summed E-state index contributed by atoms with van der Waals surface area (Å²) < 4.78 is 148. The van der Waals surface area contributed by atoms with Crippen molar-refractivity contribution < 1.29 is 107 Å². The summed E-state index contributed by atoms with van der Waals surface area (Å²) in [6.45, 7) is 13.6. The lowest BCUT2D eigenvalue weighted by Crippen LogP contribution is -2.49. The highest BCUT2D eigenvalue weighted by Crippen LogP contribution is 2.36. The molecular formula is C64H82F4N14O19S. The monoisotopic (exact) mass is 1460 g/mol. The number of fused-ring (bicyclic) bond motifs is 2. The zero-order valence-electron chi connectivity index (χ0n) is 56.9. The maximum atomic E-state index is 14.1. The van der Waals surface area contributed by atoms with Crippen molar-refractivity contribution in [3.8, 4) is 17.2 Å². The predicted octanol–water partition coefficient (Wildman–Crippen LogP) is 5.05. The van der Waals surface area contributed by atoms with Gasteiger partial charge in [0, 0.05) is 70.0 Å². The van der Waals surface area contributed by atoms with Gasteiger partial charge in [0.25, 0.3) is 11.8 Å². The molecule has 0 radical (unpaired) electrons. The third-order valence-corrected chi connectivity index (χ3v) is 16.5. The van der Waals surface area contributed by atoms with Crippen LogP contribution in [0.3, 0.4) is 0 Å². The third-order valence-electron chi connectivity index (χ3n) is 15.7. The van der Waals surface area contributed by atoms with Gasteiger partial charge in [0.2, 0.25) is 41.1 Å². The molecule has 0 spiro atoms. The number of unbranched alkanes of at least 4 members (excludes halogenated alkanes) is 1. The highest BCUT2D eigenvalue weighted by Gasteiger charge is 2.35. The molecule has 0 unspecified atom stereocenters. The highest BCUT2D eigenvalue weighted by molar-refractivity contribution is 7.85. The topological polar surface area (TPSA) is 403 Å². The number of rotatable bonds is 42. The lowest BCUT2D eigenvalue weighted by atomic mass is 10.1. The standard InChI is InChI=1S/C64H82F4N14O19S/c1-6-81-45(33-39(3)75-81)60(86)73-62-71-43-35-41(58(69)84)37-47(92-5)54(43)79(62)13-8-9-14-80-55-44(72-63(80)74-61(87)46-34-40(4)76-82(46)7-2)36-42(59(70)85)38-48(55)99-19-10-12-77-15-17-78(18-16-77)64(88)100-32-31-98-30-29-97-28-27-96-26-25-95-24-23-94-22-21-93-20-11-49(83)101-56-50(65)52(67)57(102(89,90)91)53(68)51(56)66/h33-38H,6-32H2,1-5H3,(H2,69,84)(H2,70,85)(H,71,73,86)(H,72,74,87)(H,89,90,91). The minimum atomic E-state index is -5.67. The average Bonchev–Trinajstić information content (AvgIpc) is 1.49. The summed E-state index contributed by atoms with van der Waals surface area (Å²) in [7, 11) is -4.22. The Morgan fingerprint density at radius 1 is 0.559 bits per heavy atom. The molecule has 1 aliphatic heterocycles. The Balaban J connectivity index is 0.724. The number of hydrogen-bond acceptors (Lipinski definition) is 23. The Kier molecular flexibility index (Phi) is 28.8. The van der Waals surface area contributed by atoms with Gasteiger partial charge in [-0.3, -0.25) is 53.4 Å². The fourth-order valence-corrected chi connectivity index (χ4v) is 11.4. The van der Waals surface area contributed by atoms with E-state index in [1.807, 2.05) is 18.4 Å². The largest absolute Gasteiger partial charge is 0.494 e. The van der Waals surface area contributed by atoms with Crippen molar-refractivity contribution in [3.05, 3.63) is 93.6 Å². The first-order valence-electron chi connectivity index (χ1n) is 32.6. The summed E-state index contributed by atoms with van der Waals surface area (Å²) in [5, 5.41) is 14.8. The maximum absolute atomic E-state index is 14.1. The van der Waals surface area contributed by atoms with E-state index in [-0.39, 0.29) is 115 Å². The summed E-state index contributed by atoms with van der Waals surface area (Å²) in [4.78, 5) is 89.1. The van der Waals surface area contributed by atoms with E-state index in [1.54, 1.807) is 56.9 Å². The molecular weight excluding hydrogens is 1380 g/mol. The number of primary amides is 2. The van der Waals surface area contributed by atoms with Crippen LogP contribution in [-0.2, 0) is 74.2 Å². The normalized spacial score (nSPS) is 12.7. The fraction of sp³-hybridized carbons (Fsp3) is 0.500. The lowest BCUT2D eigenvalue weighted by Gasteiger charge is -2.34. The van der Waals surface area contributed by atoms with Gasteiger partial charge >= 0.3 is 22.2 Å². The van der Waals surface area contributed by atoms with Crippen molar-refractivity contribution in [3.63, 3.8) is 0 Å². The van der Waals surface area contributed by atoms with Gasteiger partial charge in [0.05, 0.1) is 122 Å². The number of anilines is 2. The number of nitrogens with two attached hydrogens (primary N) is 2. The Labute approximate surface area is 582 Å². The van der Waals surface area contributed by atoms with Gasteiger partial charge < -0.3 is 72.9 Å². The molecule has 1 fully saturated rings. The number of carbonyl (C=O) groups is 6. The maximum Gasteiger partial charge on any atom is 0.409 e. The van der Waals surface area contributed by atoms with E-state index in [2.05, 4.69) is 30.5 Å². The zero-order valence-corrected chi connectivity index (χ0v) is 57.7. The number of benzene rings is 3. The van der Waals surface area contributed by atoms with E-state index in [4.69, 9.17) is 68.6 Å². The van der Waals surface area contributed by atoms with Crippen LogP contribution in [0.5, 0.6) is 17.2 Å². The number of halogens is 4. The van der Waals surface area contributed by atoms with Crippen LogP contribution in [0.1, 0.15) is 92.6 Å². The molecule has 3 aromatic carbocycles. The number of hydrogen-bond donors (Lipinski definition) is 5. The van der Waals surface area contributed by atoms with Crippen molar-refractivity contribution in [2.45, 2.75) is 84.5 Å². The van der Waals surface area contributed by atoms with Gasteiger partial charge in [-0.25, -0.2) is 23.5 Å². The first-order valence-corrected chi connectivity index (χ1v) is 34.1. The summed E-state index contributed by atoms with van der Waals surface area (Å²) in [6, 6.07) is 9.50. The van der Waals surface area contributed by atoms with E-state index in [0.717, 1.165) is 0 Å². The number of aryl methyl sites for hydroxylation is 6. The van der Waals surface area contributed by atoms with Crippen LogP contribution in [0.25, 0.3) is 22.1 Å². The van der Waals surface area contributed by atoms with Gasteiger partial charge in [-0.1, -0.05) is 0 Å². The van der Waals surface area contributed by atoms with Gasteiger partial charge in [-0.15, -0.1) is 0 Å². The summed E-state index contributed by atoms with van der Waals surface area (Å²) in [5.74, 6) is -14.1. The van der Waals surface area contributed by atoms with Crippen LogP contribution in [0, 0.1) is 37.1 Å². The molecule has 0 saturated carbocycles. The molecule has 102 heavy (non-hydrogen) atoms. The molecule has 4 aromatic heterocycles. The Hall–Kier alpha value is -9.41. The smallest absolute Gasteiger partial charge is 0.409 e. The number of nitrogens with one attached hydrogen (secondary N) is 2. The van der Waals surface area contributed by atoms with E-state index in [9.17, 15) is 54.7 Å². The number of carbonyl (C=O) groups excluding carboxylic acids is 6. The second-order valence-electron chi connectivity index (χ2n) is 22.8. The molecule has 7 aromatic rings. The van der Waals surface area contributed by atoms with Gasteiger partial charge in [-0.2, -0.15) is 27.4 Å². The minimum absolute atomic E-state index is 0.0104. The molecule has 8 rings (SSSR count). The van der Waals surface area contributed by atoms with Crippen molar-refractivity contribution in [1.29, 1.82) is 0 Å². The number of aromatic nitrogens is 8. The summed E-state index contributed by atoms with van der Waals surface area (Å²) in [5.41, 5.74) is 15.5. The van der Waals surface area contributed by atoms with E-state index in [1.165, 1.54) is 19.2 Å². The van der Waals surface area contributed by atoms with Crippen molar-refractivity contribution >= 4 is 79.8 Å².